The number of hydrogen-bond acceptors (Lipinski definition) is 12. The van der Waals surface area contributed by atoms with Crippen LogP contribution in [-0.2, 0) is 18.6 Å². The maximum absolute atomic E-state index is 10.3. The molecule has 3 aromatic carbocycles. The fraction of sp³-hybridized carbons (Fsp3) is 0. The van der Waals surface area contributed by atoms with Crippen LogP contribution >= 0.6 is 0 Å². The molecule has 0 saturated carbocycles. The van der Waals surface area contributed by atoms with Crippen molar-refractivity contribution in [3.05, 3.63) is 115 Å². The molecule has 0 aromatic heterocycles. The zero-order chi connectivity index (χ0) is 30.0. The van der Waals surface area contributed by atoms with Crippen LogP contribution < -0.4 is 15.6 Å². The summed E-state index contributed by atoms with van der Waals surface area (Å²) in [7, 11) is 4.10. The fourth-order valence-electron chi connectivity index (χ4n) is 2.60. The molecule has 0 unspecified atom stereocenters. The molecule has 0 aliphatic heterocycles. The molecule has 0 amide bonds. The second-order valence-corrected chi connectivity index (χ2v) is 9.57. The van der Waals surface area contributed by atoms with Gasteiger partial charge in [0.15, 0.2) is 0 Å². The average molecular weight is 643 g/mol. The first kappa shape index (κ1) is 35.3. The molecule has 0 atom stereocenters. The van der Waals surface area contributed by atoms with E-state index >= 15 is 0 Å². The van der Waals surface area contributed by atoms with E-state index in [1.807, 2.05) is 0 Å². The minimum absolute atomic E-state index is 0. The van der Waals surface area contributed by atoms with Crippen molar-refractivity contribution in [2.75, 3.05) is 0 Å². The molecule has 0 spiro atoms. The Labute approximate surface area is 243 Å². The van der Waals surface area contributed by atoms with Crippen LogP contribution in [-0.4, -0.2) is 60.3 Å². The van der Waals surface area contributed by atoms with Crippen LogP contribution in [0.25, 0.3) is 0 Å². The molecule has 3 aromatic rings. The Bertz CT molecular complexity index is 1220. The van der Waals surface area contributed by atoms with Crippen molar-refractivity contribution in [2.24, 2.45) is 0 Å². The Balaban J connectivity index is 0.000000563. The number of benzene rings is 3. The maximum Gasteiger partial charge on any atom is 0.276 e. The summed E-state index contributed by atoms with van der Waals surface area (Å²) < 4.78 is 0. The Kier molecular flexibility index (Phi) is 13.8. The third-order valence-corrected chi connectivity index (χ3v) is 5.38. The monoisotopic (exact) mass is 642 g/mol. The Morgan fingerprint density at radius 1 is 0.350 bits per heavy atom. The van der Waals surface area contributed by atoms with Crippen LogP contribution in [0, 0.1) is 60.7 Å². The van der Waals surface area contributed by atoms with Crippen LogP contribution in [0.4, 0.5) is 34.1 Å². The maximum atomic E-state index is 10.3. The number of non-ortho nitro benzene ring substituents is 6. The van der Waals surface area contributed by atoms with E-state index in [0.29, 0.717) is 15.6 Å². The van der Waals surface area contributed by atoms with E-state index in [1.54, 1.807) is 0 Å². The van der Waals surface area contributed by atoms with Crippen LogP contribution in [0.15, 0.2) is 54.6 Å². The van der Waals surface area contributed by atoms with Crippen molar-refractivity contribution in [1.82, 2.24) is 0 Å². The summed E-state index contributed by atoms with van der Waals surface area (Å²) in [4.78, 5) is 58.0. The van der Waals surface area contributed by atoms with Crippen molar-refractivity contribution in [3.8, 4) is 0 Å². The zero-order valence-electron chi connectivity index (χ0n) is 19.8. The van der Waals surface area contributed by atoms with E-state index < -0.39 is 29.5 Å². The number of rotatable bonds is 6. The number of nitro groups is 6. The summed E-state index contributed by atoms with van der Waals surface area (Å²) in [5.41, 5.74) is -1.50. The van der Waals surface area contributed by atoms with Gasteiger partial charge in [-0.05, 0) is 0 Å². The quantitative estimate of drug-likeness (QED) is 0.183. The van der Waals surface area contributed by atoms with E-state index in [1.165, 1.54) is 67.1 Å². The van der Waals surface area contributed by atoms with Crippen molar-refractivity contribution in [2.45, 2.75) is 0 Å². The van der Waals surface area contributed by atoms with Gasteiger partial charge in [0.05, 0.1) is 47.7 Å². The smallest absolute Gasteiger partial charge is 0.258 e. The van der Waals surface area contributed by atoms with E-state index in [4.69, 9.17) is 0 Å². The Morgan fingerprint density at radius 3 is 0.575 bits per heavy atom. The summed E-state index contributed by atoms with van der Waals surface area (Å²) >= 11 is 0. The van der Waals surface area contributed by atoms with E-state index in [-0.39, 0.29) is 52.7 Å². The molecule has 3 rings (SSSR count). The van der Waals surface area contributed by atoms with E-state index in [2.05, 4.69) is 0 Å². The minimum atomic E-state index is -0.648. The molecule has 0 fully saturated rings. The third-order valence-electron chi connectivity index (χ3n) is 4.15. The zero-order valence-corrected chi connectivity index (χ0v) is 25.5. The van der Waals surface area contributed by atoms with Gasteiger partial charge in [0.25, 0.3) is 34.1 Å². The molecule has 0 bridgehead atoms. The summed E-state index contributed by atoms with van der Waals surface area (Å²) in [6.45, 7) is 0. The molecule has 0 N–H and O–H groups in total. The normalized spacial score (nSPS) is 9.38. The SMILES string of the molecule is O=[N+]([O-])c1cc([SiH2])cc([N+](=O)[O-])c1.O=[N+]([O-])c1cc([SiH2])cc([N+](=O)[O-])c1.O=[N+]([O-])c1cc([SiH2])cc([N+](=O)[O-])c1.[V]. The largest absolute Gasteiger partial charge is 0.276 e. The second kappa shape index (κ2) is 15.6. The van der Waals surface area contributed by atoms with E-state index in [0.717, 1.165) is 18.2 Å². The number of nitrogens with zero attached hydrogens (tertiary/aromatic N) is 6. The molecule has 40 heavy (non-hydrogen) atoms. The molecular formula is C18H15N6O12Si3V. The Morgan fingerprint density at radius 2 is 0.475 bits per heavy atom. The van der Waals surface area contributed by atoms with Crippen molar-refractivity contribution >= 4 is 80.4 Å². The third kappa shape index (κ3) is 11.4. The van der Waals surface area contributed by atoms with Gasteiger partial charge in [0, 0.05) is 85.7 Å². The molecule has 206 valence electrons. The van der Waals surface area contributed by atoms with Crippen LogP contribution in [0.3, 0.4) is 0 Å². The molecule has 22 heteroatoms. The number of hydrogen-bond donors (Lipinski definition) is 0. The first-order valence-electron chi connectivity index (χ1n) is 9.79. The first-order valence-corrected chi connectivity index (χ1v) is 11.9. The minimum Gasteiger partial charge on any atom is -0.258 e. The Hall–Kier alpha value is -4.70. The van der Waals surface area contributed by atoms with Gasteiger partial charge in [0.2, 0.25) is 0 Å². The van der Waals surface area contributed by atoms with Gasteiger partial charge >= 0.3 is 0 Å². The van der Waals surface area contributed by atoms with Gasteiger partial charge in [-0.25, -0.2) is 0 Å². The molecule has 18 nitrogen and oxygen atoms in total. The van der Waals surface area contributed by atoms with Gasteiger partial charge in [-0.3, -0.25) is 60.7 Å². The van der Waals surface area contributed by atoms with Crippen LogP contribution in [0.2, 0.25) is 0 Å². The van der Waals surface area contributed by atoms with Crippen molar-refractivity contribution in [1.29, 1.82) is 0 Å². The van der Waals surface area contributed by atoms with Gasteiger partial charge in [0.1, 0.15) is 0 Å². The van der Waals surface area contributed by atoms with Crippen molar-refractivity contribution < 1.29 is 48.1 Å². The molecular weight excluding hydrogens is 627 g/mol. The average Bonchev–Trinajstić information content (AvgIpc) is 2.83. The summed E-state index contributed by atoms with van der Waals surface area (Å²) in [5.74, 6) is 0. The van der Waals surface area contributed by atoms with Crippen molar-refractivity contribution in [3.63, 3.8) is 0 Å². The molecule has 0 aliphatic carbocycles. The fourth-order valence-corrected chi connectivity index (χ4v) is 3.86. The van der Waals surface area contributed by atoms with Crippen LogP contribution in [0.5, 0.6) is 0 Å². The predicted molar refractivity (Wildman–Crippen MR) is 144 cm³/mol. The molecule has 4 radical (unpaired) electrons. The summed E-state index contributed by atoms with van der Waals surface area (Å²) in [6, 6.07) is 10.6. The predicted octanol–water partition coefficient (Wildman–Crippen LogP) is -0.718. The van der Waals surface area contributed by atoms with Gasteiger partial charge in [-0.1, -0.05) is 15.6 Å². The van der Waals surface area contributed by atoms with E-state index in [9.17, 15) is 60.7 Å². The summed E-state index contributed by atoms with van der Waals surface area (Å²) in [5, 5.41) is 63.5. The second-order valence-electron chi connectivity index (χ2n) is 7.12. The molecule has 0 heterocycles. The first-order chi connectivity index (χ1) is 18.0. The van der Waals surface area contributed by atoms with Gasteiger partial charge in [-0.15, -0.1) is 0 Å². The van der Waals surface area contributed by atoms with Gasteiger partial charge < -0.3 is 0 Å². The summed E-state index contributed by atoms with van der Waals surface area (Å²) in [6.07, 6.45) is 0. The topological polar surface area (TPSA) is 259 Å². The molecule has 0 saturated heterocycles. The molecule has 0 aliphatic rings. The van der Waals surface area contributed by atoms with Gasteiger partial charge in [-0.2, -0.15) is 0 Å². The standard InChI is InChI=1S/3C6H5N2O4Si.V/c3*9-7(10)4-1-5(8(11)12)3-6(13)2-4;/h3*1-3H,13H2;. The van der Waals surface area contributed by atoms with Crippen LogP contribution in [0.1, 0.15) is 0 Å². The number of nitro benzene ring substituents is 6.